The minimum atomic E-state index is -0.616. The van der Waals surface area contributed by atoms with E-state index in [1.54, 1.807) is 47.5 Å². The molecule has 1 heterocycles. The van der Waals surface area contributed by atoms with Crippen LogP contribution < -0.4 is 25.4 Å². The molecule has 3 N–H and O–H groups in total. The van der Waals surface area contributed by atoms with E-state index in [1.165, 1.54) is 7.11 Å². The van der Waals surface area contributed by atoms with Gasteiger partial charge in [-0.15, -0.1) is 0 Å². The number of ether oxygens (including phenoxy) is 2. The number of urea groups is 1. The van der Waals surface area contributed by atoms with E-state index >= 15 is 0 Å². The number of hydrogen-bond donors (Lipinski definition) is 2. The first-order chi connectivity index (χ1) is 15.8. The smallest absolute Gasteiger partial charge is 0.322 e. The summed E-state index contributed by atoms with van der Waals surface area (Å²) in [5.41, 5.74) is 6.90. The Balaban J connectivity index is 1.65. The maximum atomic E-state index is 12.7. The van der Waals surface area contributed by atoms with Gasteiger partial charge in [-0.1, -0.05) is 11.6 Å². The number of methoxy groups -OCH3 is 1. The summed E-state index contributed by atoms with van der Waals surface area (Å²) in [5, 5.41) is 3.98. The van der Waals surface area contributed by atoms with Crippen LogP contribution in [0.5, 0.6) is 17.2 Å². The summed E-state index contributed by atoms with van der Waals surface area (Å²) in [6.45, 7) is 3.86. The van der Waals surface area contributed by atoms with Crippen LogP contribution in [-0.2, 0) is 0 Å². The molecule has 1 saturated carbocycles. The molecule has 4 rings (SSSR count). The van der Waals surface area contributed by atoms with Crippen LogP contribution in [0, 0.1) is 0 Å². The van der Waals surface area contributed by atoms with Crippen molar-refractivity contribution in [2.24, 2.45) is 5.73 Å². The molecule has 0 bridgehead atoms. The van der Waals surface area contributed by atoms with Crippen LogP contribution in [0.3, 0.4) is 0 Å². The van der Waals surface area contributed by atoms with E-state index in [0.29, 0.717) is 38.9 Å². The lowest BCUT2D eigenvalue weighted by Gasteiger charge is -2.28. The first-order valence-corrected chi connectivity index (χ1v) is 11.0. The first kappa shape index (κ1) is 22.7. The minimum absolute atomic E-state index is 0.0839. The van der Waals surface area contributed by atoms with Crippen LogP contribution in [0.2, 0.25) is 5.02 Å². The van der Waals surface area contributed by atoms with E-state index in [0.717, 1.165) is 12.8 Å². The van der Waals surface area contributed by atoms with Gasteiger partial charge in [0.2, 0.25) is 0 Å². The van der Waals surface area contributed by atoms with Gasteiger partial charge in [0.1, 0.15) is 17.2 Å². The predicted octanol–water partition coefficient (Wildman–Crippen LogP) is 4.87. The topological polar surface area (TPSA) is 107 Å². The van der Waals surface area contributed by atoms with Crippen LogP contribution in [0.15, 0.2) is 42.6 Å². The van der Waals surface area contributed by atoms with Gasteiger partial charge in [0.25, 0.3) is 5.91 Å². The molecule has 0 aliphatic heterocycles. The van der Waals surface area contributed by atoms with Crippen LogP contribution in [-0.4, -0.2) is 36.1 Å². The van der Waals surface area contributed by atoms with E-state index in [9.17, 15) is 9.59 Å². The molecule has 0 spiro atoms. The van der Waals surface area contributed by atoms with E-state index in [-0.39, 0.29) is 23.7 Å². The number of rotatable bonds is 7. The van der Waals surface area contributed by atoms with Crippen molar-refractivity contribution in [1.82, 2.24) is 10.3 Å². The molecule has 9 heteroatoms. The van der Waals surface area contributed by atoms with Gasteiger partial charge in [-0.3, -0.25) is 14.7 Å². The van der Waals surface area contributed by atoms with Crippen molar-refractivity contribution >= 4 is 40.1 Å². The Labute approximate surface area is 196 Å². The van der Waals surface area contributed by atoms with E-state index in [1.807, 2.05) is 13.8 Å². The molecule has 0 unspecified atom stereocenters. The summed E-state index contributed by atoms with van der Waals surface area (Å²) in [7, 11) is 1.46. The standard InChI is InChI=1S/C24H25ClN4O4/c1-13(2)29(24(31)28-14-4-5-14)20-7-6-15(10-18(20)25)33-21-8-9-27-19-12-22(32-3)17(23(26)30)11-16(19)21/h6-14H,4-5H2,1-3H3,(H2,26,30)(H,28,31). The highest BCUT2D eigenvalue weighted by atomic mass is 35.5. The number of fused-ring (bicyclic) bond motifs is 1. The Morgan fingerprint density at radius 1 is 1.18 bits per heavy atom. The highest BCUT2D eigenvalue weighted by Crippen LogP contribution is 2.36. The third kappa shape index (κ3) is 4.80. The zero-order valence-electron chi connectivity index (χ0n) is 18.6. The summed E-state index contributed by atoms with van der Waals surface area (Å²) in [6, 6.07) is 10.1. The van der Waals surface area contributed by atoms with Gasteiger partial charge >= 0.3 is 6.03 Å². The number of primary amides is 1. The van der Waals surface area contributed by atoms with Gasteiger partial charge in [0.15, 0.2) is 0 Å². The quantitative estimate of drug-likeness (QED) is 0.514. The molecule has 2 aromatic carbocycles. The largest absolute Gasteiger partial charge is 0.496 e. The van der Waals surface area contributed by atoms with Crippen molar-refractivity contribution < 1.29 is 19.1 Å². The molecule has 1 aromatic heterocycles. The summed E-state index contributed by atoms with van der Waals surface area (Å²) in [6.07, 6.45) is 3.60. The van der Waals surface area contributed by atoms with Gasteiger partial charge < -0.3 is 20.5 Å². The minimum Gasteiger partial charge on any atom is -0.496 e. The summed E-state index contributed by atoms with van der Waals surface area (Å²) in [4.78, 5) is 30.5. The van der Waals surface area contributed by atoms with Crippen molar-refractivity contribution in [2.45, 2.75) is 38.8 Å². The Hall–Kier alpha value is -3.52. The number of pyridine rings is 1. The zero-order chi connectivity index (χ0) is 23.7. The molecule has 3 aromatic rings. The lowest BCUT2D eigenvalue weighted by molar-refractivity contribution is 0.0997. The highest BCUT2D eigenvalue weighted by molar-refractivity contribution is 6.34. The lowest BCUT2D eigenvalue weighted by atomic mass is 10.1. The van der Waals surface area contributed by atoms with Crippen LogP contribution in [0.25, 0.3) is 10.9 Å². The van der Waals surface area contributed by atoms with E-state index in [4.69, 9.17) is 26.8 Å². The number of benzene rings is 2. The summed E-state index contributed by atoms with van der Waals surface area (Å²) < 4.78 is 11.3. The Kier molecular flexibility index (Phi) is 6.29. The van der Waals surface area contributed by atoms with Crippen molar-refractivity contribution in [3.05, 3.63) is 53.2 Å². The van der Waals surface area contributed by atoms with E-state index in [2.05, 4.69) is 10.3 Å². The van der Waals surface area contributed by atoms with Crippen LogP contribution in [0.4, 0.5) is 10.5 Å². The number of aromatic nitrogens is 1. The molecule has 0 atom stereocenters. The second-order valence-electron chi connectivity index (χ2n) is 8.15. The molecule has 1 fully saturated rings. The van der Waals surface area contributed by atoms with Gasteiger partial charge in [-0.2, -0.15) is 0 Å². The lowest BCUT2D eigenvalue weighted by Crippen LogP contribution is -2.45. The molecular formula is C24H25ClN4O4. The number of anilines is 1. The highest BCUT2D eigenvalue weighted by Gasteiger charge is 2.28. The van der Waals surface area contributed by atoms with Crippen molar-refractivity contribution in [3.8, 4) is 17.2 Å². The molecule has 3 amide bonds. The predicted molar refractivity (Wildman–Crippen MR) is 128 cm³/mol. The van der Waals surface area contributed by atoms with Crippen LogP contribution in [0.1, 0.15) is 37.0 Å². The monoisotopic (exact) mass is 468 g/mol. The number of nitrogens with two attached hydrogens (primary N) is 1. The number of nitrogens with zero attached hydrogens (tertiary/aromatic N) is 2. The molecule has 1 aliphatic carbocycles. The number of carbonyl (C=O) groups excluding carboxylic acids is 2. The van der Waals surface area contributed by atoms with Gasteiger partial charge in [0, 0.05) is 35.8 Å². The average Bonchev–Trinajstić information content (AvgIpc) is 3.58. The fourth-order valence-electron chi connectivity index (χ4n) is 3.57. The molecular weight excluding hydrogens is 444 g/mol. The van der Waals surface area contributed by atoms with Gasteiger partial charge in [-0.05, 0) is 51.0 Å². The summed E-state index contributed by atoms with van der Waals surface area (Å²) in [5.74, 6) is 0.666. The maximum absolute atomic E-state index is 12.7. The molecule has 0 saturated heterocycles. The Bertz CT molecular complexity index is 1230. The Morgan fingerprint density at radius 3 is 2.55 bits per heavy atom. The number of hydrogen-bond acceptors (Lipinski definition) is 5. The number of nitrogens with one attached hydrogen (secondary N) is 1. The van der Waals surface area contributed by atoms with Gasteiger partial charge in [-0.25, -0.2) is 4.79 Å². The molecule has 172 valence electrons. The number of carbonyl (C=O) groups is 2. The number of amides is 3. The normalized spacial score (nSPS) is 13.1. The first-order valence-electron chi connectivity index (χ1n) is 10.6. The fraction of sp³-hybridized carbons (Fsp3) is 0.292. The molecule has 8 nitrogen and oxygen atoms in total. The third-order valence-electron chi connectivity index (χ3n) is 5.33. The molecule has 33 heavy (non-hydrogen) atoms. The zero-order valence-corrected chi connectivity index (χ0v) is 19.3. The van der Waals surface area contributed by atoms with Crippen molar-refractivity contribution in [3.63, 3.8) is 0 Å². The second kappa shape index (κ2) is 9.15. The van der Waals surface area contributed by atoms with Crippen molar-refractivity contribution in [1.29, 1.82) is 0 Å². The third-order valence-corrected chi connectivity index (χ3v) is 5.64. The Morgan fingerprint density at radius 2 is 1.94 bits per heavy atom. The van der Waals surface area contributed by atoms with Crippen LogP contribution >= 0.6 is 11.6 Å². The average molecular weight is 469 g/mol. The molecule has 0 radical (unpaired) electrons. The fourth-order valence-corrected chi connectivity index (χ4v) is 3.83. The summed E-state index contributed by atoms with van der Waals surface area (Å²) >= 11 is 6.56. The van der Waals surface area contributed by atoms with Crippen molar-refractivity contribution in [2.75, 3.05) is 12.0 Å². The molecule has 1 aliphatic rings. The second-order valence-corrected chi connectivity index (χ2v) is 8.55. The number of halogens is 1. The SMILES string of the molecule is COc1cc2nccc(Oc3ccc(N(C(=O)NC4CC4)C(C)C)c(Cl)c3)c2cc1C(N)=O. The maximum Gasteiger partial charge on any atom is 0.322 e. The van der Waals surface area contributed by atoms with Gasteiger partial charge in [0.05, 0.1) is 28.9 Å². The van der Waals surface area contributed by atoms with E-state index < -0.39 is 5.91 Å².